The van der Waals surface area contributed by atoms with Gasteiger partial charge in [-0.3, -0.25) is 4.79 Å². The highest BCUT2D eigenvalue weighted by atomic mass is 35.5. The number of nitrogen functional groups attached to an aromatic ring is 1. The van der Waals surface area contributed by atoms with Gasteiger partial charge >= 0.3 is 5.97 Å². The zero-order valence-corrected chi connectivity index (χ0v) is 12.4. The van der Waals surface area contributed by atoms with Gasteiger partial charge in [-0.05, 0) is 25.3 Å². The minimum absolute atomic E-state index is 0.137. The molecule has 0 aromatic carbocycles. The van der Waals surface area contributed by atoms with Gasteiger partial charge in [0.15, 0.2) is 5.82 Å². The maximum absolute atomic E-state index is 10.9. The molecule has 0 aliphatic rings. The van der Waals surface area contributed by atoms with Gasteiger partial charge in [0.05, 0.1) is 13.3 Å². The predicted molar refractivity (Wildman–Crippen MR) is 80.2 cm³/mol. The number of esters is 1. The van der Waals surface area contributed by atoms with Crippen LogP contribution < -0.4 is 5.73 Å². The summed E-state index contributed by atoms with van der Waals surface area (Å²) < 4.78 is 4.58. The van der Waals surface area contributed by atoms with Crippen molar-refractivity contribution in [3.8, 4) is 0 Å². The first-order chi connectivity index (χ1) is 9.63. The molecule has 110 valence electrons. The number of nitrogens with two attached hydrogens (primary N) is 1. The molecule has 0 spiro atoms. The molecular weight excluding hydrogens is 278 g/mol. The Bertz CT molecular complexity index is 464. The molecule has 1 aromatic heterocycles. The van der Waals surface area contributed by atoms with Gasteiger partial charge < -0.3 is 10.5 Å². The molecule has 20 heavy (non-hydrogen) atoms. The third-order valence-electron chi connectivity index (χ3n) is 2.80. The Kier molecular flexibility index (Phi) is 7.65. The number of hydrogen-bond donors (Lipinski definition) is 1. The van der Waals surface area contributed by atoms with E-state index in [-0.39, 0.29) is 5.97 Å². The summed E-state index contributed by atoms with van der Waals surface area (Å²) in [5.41, 5.74) is 6.33. The molecule has 0 aliphatic carbocycles. The number of unbranched alkanes of at least 4 members (excludes halogenated alkanes) is 4. The number of halogens is 1. The average Bonchev–Trinajstić information content (AvgIpc) is 2.43. The van der Waals surface area contributed by atoms with Crippen molar-refractivity contribution in [2.24, 2.45) is 0 Å². The Hall–Kier alpha value is -1.62. The van der Waals surface area contributed by atoms with Crippen LogP contribution in [-0.4, -0.2) is 23.0 Å². The molecule has 1 rings (SSSR count). The maximum Gasteiger partial charge on any atom is 0.305 e. The Morgan fingerprint density at radius 2 is 2.15 bits per heavy atom. The standard InChI is InChI=1S/C14H20ClN3O2/c1-20-13(19)9-7-5-3-2-4-6-8-11-14(16)18-12(15)10-17-11/h6,8,10H,2-5,7,9H2,1H3,(H2,16,18)/b8-6+. The molecule has 0 amide bonds. The van der Waals surface area contributed by atoms with Gasteiger partial charge in [-0.1, -0.05) is 30.5 Å². The van der Waals surface area contributed by atoms with Crippen molar-refractivity contribution in [1.29, 1.82) is 0 Å². The Morgan fingerprint density at radius 1 is 1.40 bits per heavy atom. The molecule has 1 heterocycles. The van der Waals surface area contributed by atoms with Gasteiger partial charge in [-0.2, -0.15) is 0 Å². The van der Waals surface area contributed by atoms with Gasteiger partial charge in [-0.25, -0.2) is 9.97 Å². The van der Waals surface area contributed by atoms with Crippen LogP contribution in [-0.2, 0) is 9.53 Å². The molecule has 0 saturated heterocycles. The van der Waals surface area contributed by atoms with E-state index in [4.69, 9.17) is 17.3 Å². The second kappa shape index (κ2) is 9.31. The fourth-order valence-electron chi connectivity index (χ4n) is 1.70. The lowest BCUT2D eigenvalue weighted by molar-refractivity contribution is -0.140. The van der Waals surface area contributed by atoms with E-state index in [1.807, 2.05) is 12.2 Å². The third-order valence-corrected chi connectivity index (χ3v) is 2.99. The van der Waals surface area contributed by atoms with Crippen LogP contribution >= 0.6 is 11.6 Å². The van der Waals surface area contributed by atoms with Gasteiger partial charge in [0.25, 0.3) is 0 Å². The number of aromatic nitrogens is 2. The predicted octanol–water partition coefficient (Wildman–Crippen LogP) is 3.24. The summed E-state index contributed by atoms with van der Waals surface area (Å²) in [6, 6.07) is 0. The van der Waals surface area contributed by atoms with Crippen molar-refractivity contribution in [2.75, 3.05) is 12.8 Å². The van der Waals surface area contributed by atoms with Gasteiger partial charge in [0.2, 0.25) is 0 Å². The zero-order chi connectivity index (χ0) is 14.8. The fraction of sp³-hybridized carbons (Fsp3) is 0.500. The summed E-state index contributed by atoms with van der Waals surface area (Å²) >= 11 is 5.67. The van der Waals surface area contributed by atoms with Crippen molar-refractivity contribution in [1.82, 2.24) is 9.97 Å². The number of allylic oxidation sites excluding steroid dienone is 1. The highest BCUT2D eigenvalue weighted by Crippen LogP contribution is 2.12. The number of methoxy groups -OCH3 is 1. The number of nitrogens with zero attached hydrogens (tertiary/aromatic N) is 2. The van der Waals surface area contributed by atoms with Crippen LogP contribution in [0, 0.1) is 0 Å². The second-order valence-electron chi connectivity index (χ2n) is 4.39. The van der Waals surface area contributed by atoms with Crippen LogP contribution in [0.15, 0.2) is 12.3 Å². The molecule has 0 aliphatic heterocycles. The summed E-state index contributed by atoms with van der Waals surface area (Å²) in [6.07, 6.45) is 10.9. The molecule has 0 atom stereocenters. The quantitative estimate of drug-likeness (QED) is 0.588. The molecule has 6 heteroatoms. The van der Waals surface area contributed by atoms with Crippen molar-refractivity contribution in [3.63, 3.8) is 0 Å². The molecule has 0 bridgehead atoms. The van der Waals surface area contributed by atoms with Gasteiger partial charge in [0.1, 0.15) is 10.8 Å². The van der Waals surface area contributed by atoms with Gasteiger partial charge in [0, 0.05) is 6.42 Å². The second-order valence-corrected chi connectivity index (χ2v) is 4.78. The van der Waals surface area contributed by atoms with Gasteiger partial charge in [-0.15, -0.1) is 0 Å². The molecule has 2 N–H and O–H groups in total. The SMILES string of the molecule is COC(=O)CCCCCC/C=C/c1ncc(Cl)nc1N. The Balaban J connectivity index is 2.14. The van der Waals surface area contributed by atoms with E-state index in [9.17, 15) is 4.79 Å². The average molecular weight is 298 g/mol. The van der Waals surface area contributed by atoms with Crippen LogP contribution in [0.25, 0.3) is 6.08 Å². The van der Waals surface area contributed by atoms with E-state index in [0.29, 0.717) is 23.1 Å². The van der Waals surface area contributed by atoms with Crippen LogP contribution in [0.5, 0.6) is 0 Å². The minimum atomic E-state index is -0.137. The Labute approximate surface area is 124 Å². The number of hydrogen-bond acceptors (Lipinski definition) is 5. The van der Waals surface area contributed by atoms with Crippen LogP contribution in [0.4, 0.5) is 5.82 Å². The van der Waals surface area contributed by atoms with Crippen LogP contribution in [0.3, 0.4) is 0 Å². The first-order valence-corrected chi connectivity index (χ1v) is 7.02. The lowest BCUT2D eigenvalue weighted by atomic mass is 10.1. The van der Waals surface area contributed by atoms with E-state index in [2.05, 4.69) is 14.7 Å². The minimum Gasteiger partial charge on any atom is -0.469 e. The molecule has 0 unspecified atom stereocenters. The lowest BCUT2D eigenvalue weighted by Crippen LogP contribution is -1.99. The van der Waals surface area contributed by atoms with E-state index in [0.717, 1.165) is 32.1 Å². The number of ether oxygens (including phenoxy) is 1. The fourth-order valence-corrected chi connectivity index (χ4v) is 1.84. The maximum atomic E-state index is 10.9. The monoisotopic (exact) mass is 297 g/mol. The number of anilines is 1. The van der Waals surface area contributed by atoms with Crippen molar-refractivity contribution in [3.05, 3.63) is 23.1 Å². The molecular formula is C14H20ClN3O2. The first kappa shape index (κ1) is 16.4. The lowest BCUT2D eigenvalue weighted by Gasteiger charge is -2.00. The summed E-state index contributed by atoms with van der Waals surface area (Å²) in [5.74, 6) is 0.202. The summed E-state index contributed by atoms with van der Waals surface area (Å²) in [6.45, 7) is 0. The Morgan fingerprint density at radius 3 is 2.85 bits per heavy atom. The smallest absolute Gasteiger partial charge is 0.305 e. The van der Waals surface area contributed by atoms with E-state index in [1.165, 1.54) is 13.3 Å². The van der Waals surface area contributed by atoms with Crippen LogP contribution in [0.1, 0.15) is 44.2 Å². The largest absolute Gasteiger partial charge is 0.469 e. The van der Waals surface area contributed by atoms with Crippen molar-refractivity contribution < 1.29 is 9.53 Å². The van der Waals surface area contributed by atoms with E-state index < -0.39 is 0 Å². The summed E-state index contributed by atoms with van der Waals surface area (Å²) in [4.78, 5) is 18.9. The number of rotatable bonds is 8. The molecule has 0 saturated carbocycles. The molecule has 5 nitrogen and oxygen atoms in total. The third kappa shape index (κ3) is 6.52. The topological polar surface area (TPSA) is 78.1 Å². The zero-order valence-electron chi connectivity index (χ0n) is 11.6. The van der Waals surface area contributed by atoms with Crippen molar-refractivity contribution >= 4 is 29.5 Å². The summed E-state index contributed by atoms with van der Waals surface area (Å²) in [7, 11) is 1.42. The molecule has 0 fully saturated rings. The van der Waals surface area contributed by atoms with Crippen molar-refractivity contribution in [2.45, 2.75) is 38.5 Å². The molecule has 1 aromatic rings. The first-order valence-electron chi connectivity index (χ1n) is 6.65. The van der Waals surface area contributed by atoms with E-state index in [1.54, 1.807) is 0 Å². The normalized spacial score (nSPS) is 10.9. The van der Waals surface area contributed by atoms with Crippen LogP contribution in [0.2, 0.25) is 5.15 Å². The highest BCUT2D eigenvalue weighted by Gasteiger charge is 2.00. The number of carbonyl (C=O) groups excluding carboxylic acids is 1. The molecule has 0 radical (unpaired) electrons. The highest BCUT2D eigenvalue weighted by molar-refractivity contribution is 6.29. The summed E-state index contributed by atoms with van der Waals surface area (Å²) in [5, 5.41) is 0.297. The number of carbonyl (C=O) groups is 1. The van der Waals surface area contributed by atoms with E-state index >= 15 is 0 Å².